The molecule has 1 aliphatic heterocycles. The largest absolute Gasteiger partial charge is 0.382 e. The lowest BCUT2D eigenvalue weighted by Gasteiger charge is -2.35. The van der Waals surface area contributed by atoms with Crippen molar-refractivity contribution in [3.8, 4) is 11.4 Å². The Morgan fingerprint density at radius 2 is 1.91 bits per heavy atom. The second kappa shape index (κ2) is 10.7. The Labute approximate surface area is 198 Å². The molecule has 1 aliphatic rings. The highest BCUT2D eigenvalue weighted by Crippen LogP contribution is 2.37. The second-order valence-corrected chi connectivity index (χ2v) is 8.53. The lowest BCUT2D eigenvalue weighted by molar-refractivity contribution is 0.136. The molecule has 0 aliphatic carbocycles. The monoisotopic (exact) mass is 464 g/mol. The summed E-state index contributed by atoms with van der Waals surface area (Å²) in [6.07, 6.45) is 2.77. The first kappa shape index (κ1) is 23.1. The van der Waals surface area contributed by atoms with E-state index in [1.807, 2.05) is 62.6 Å². The number of thioether (sulfide) groups is 1. The van der Waals surface area contributed by atoms with Crippen molar-refractivity contribution in [1.29, 1.82) is 0 Å². The van der Waals surface area contributed by atoms with Crippen molar-refractivity contribution in [2.24, 2.45) is 0 Å². The summed E-state index contributed by atoms with van der Waals surface area (Å²) >= 11 is 1.68. The van der Waals surface area contributed by atoms with E-state index in [0.717, 1.165) is 33.7 Å². The Morgan fingerprint density at radius 3 is 2.61 bits per heavy atom. The molecule has 2 aromatic carbocycles. The Kier molecular flexibility index (Phi) is 7.47. The molecule has 0 saturated heterocycles. The van der Waals surface area contributed by atoms with Gasteiger partial charge in [0.2, 0.25) is 5.82 Å². The molecule has 2 heterocycles. The number of carbonyl (C=O) groups is 1. The number of nitrogens with zero attached hydrogens (tertiary/aromatic N) is 3. The van der Waals surface area contributed by atoms with Crippen LogP contribution in [0, 0.1) is 0 Å². The number of allylic oxidation sites excluding steroid dienone is 1. The SMILES string of the molecule is CCOCCCN1C(=O)NC(c2ccc(SC)cc2)C(c2nc(-c3ccccc3)no2)=C1C. The first-order valence-corrected chi connectivity index (χ1v) is 12.2. The normalized spacial score (nSPS) is 16.3. The van der Waals surface area contributed by atoms with Crippen LogP contribution in [0.15, 0.2) is 69.7 Å². The van der Waals surface area contributed by atoms with Crippen LogP contribution in [0.5, 0.6) is 0 Å². The van der Waals surface area contributed by atoms with Crippen LogP contribution in [0.3, 0.4) is 0 Å². The quantitative estimate of drug-likeness (QED) is 0.338. The van der Waals surface area contributed by atoms with Gasteiger partial charge in [0, 0.05) is 35.9 Å². The van der Waals surface area contributed by atoms with E-state index in [4.69, 9.17) is 14.2 Å². The molecule has 2 amide bonds. The number of amides is 2. The van der Waals surface area contributed by atoms with Crippen LogP contribution in [0.1, 0.15) is 37.8 Å². The Morgan fingerprint density at radius 1 is 1.15 bits per heavy atom. The van der Waals surface area contributed by atoms with Crippen LogP contribution in [0.4, 0.5) is 4.79 Å². The lowest BCUT2D eigenvalue weighted by atomic mass is 9.94. The van der Waals surface area contributed by atoms with E-state index in [2.05, 4.69) is 22.6 Å². The predicted octanol–water partition coefficient (Wildman–Crippen LogP) is 5.38. The number of aromatic nitrogens is 2. The molecule has 3 aromatic rings. The summed E-state index contributed by atoms with van der Waals surface area (Å²) in [4.78, 5) is 20.6. The molecule has 8 heteroatoms. The minimum Gasteiger partial charge on any atom is -0.382 e. The number of rotatable bonds is 9. The maximum absolute atomic E-state index is 13.0. The van der Waals surface area contributed by atoms with Gasteiger partial charge in [0.25, 0.3) is 5.89 Å². The summed E-state index contributed by atoms with van der Waals surface area (Å²) in [6.45, 7) is 5.69. The van der Waals surface area contributed by atoms with Gasteiger partial charge in [0.15, 0.2) is 0 Å². The van der Waals surface area contributed by atoms with Crippen LogP contribution in [-0.4, -0.2) is 47.1 Å². The highest BCUT2D eigenvalue weighted by Gasteiger charge is 2.35. The topological polar surface area (TPSA) is 80.5 Å². The summed E-state index contributed by atoms with van der Waals surface area (Å²) in [7, 11) is 0. The van der Waals surface area contributed by atoms with E-state index < -0.39 is 0 Å². The fourth-order valence-electron chi connectivity index (χ4n) is 3.88. The van der Waals surface area contributed by atoms with Crippen molar-refractivity contribution in [2.45, 2.75) is 31.2 Å². The molecule has 0 fully saturated rings. The number of hydrogen-bond acceptors (Lipinski definition) is 6. The van der Waals surface area contributed by atoms with Gasteiger partial charge in [0.1, 0.15) is 0 Å². The molecular weight excluding hydrogens is 436 g/mol. The number of urea groups is 1. The zero-order chi connectivity index (χ0) is 23.2. The smallest absolute Gasteiger partial charge is 0.322 e. The third-order valence-electron chi connectivity index (χ3n) is 5.61. The zero-order valence-electron chi connectivity index (χ0n) is 19.1. The molecule has 1 aromatic heterocycles. The fraction of sp³-hybridized carbons (Fsp3) is 0.320. The third-order valence-corrected chi connectivity index (χ3v) is 6.35. The Bertz CT molecular complexity index is 1110. The highest BCUT2D eigenvalue weighted by molar-refractivity contribution is 7.98. The average molecular weight is 465 g/mol. The van der Waals surface area contributed by atoms with Crippen LogP contribution >= 0.6 is 11.8 Å². The van der Waals surface area contributed by atoms with Crippen molar-refractivity contribution in [1.82, 2.24) is 20.4 Å². The molecule has 0 saturated carbocycles. The predicted molar refractivity (Wildman–Crippen MR) is 130 cm³/mol. The van der Waals surface area contributed by atoms with E-state index in [1.165, 1.54) is 0 Å². The van der Waals surface area contributed by atoms with Crippen LogP contribution < -0.4 is 5.32 Å². The Hall–Kier alpha value is -3.10. The molecule has 1 atom stereocenters. The van der Waals surface area contributed by atoms with Crippen molar-refractivity contribution in [3.05, 3.63) is 71.7 Å². The summed E-state index contributed by atoms with van der Waals surface area (Å²) in [5, 5.41) is 7.35. The van der Waals surface area contributed by atoms with E-state index >= 15 is 0 Å². The van der Waals surface area contributed by atoms with Gasteiger partial charge in [-0.05, 0) is 44.2 Å². The van der Waals surface area contributed by atoms with Crippen molar-refractivity contribution in [3.63, 3.8) is 0 Å². The van der Waals surface area contributed by atoms with Gasteiger partial charge in [-0.25, -0.2) is 4.79 Å². The number of benzene rings is 2. The molecule has 1 N–H and O–H groups in total. The zero-order valence-corrected chi connectivity index (χ0v) is 19.9. The van der Waals surface area contributed by atoms with Crippen LogP contribution in [0.2, 0.25) is 0 Å². The van der Waals surface area contributed by atoms with Crippen molar-refractivity contribution in [2.75, 3.05) is 26.0 Å². The number of carbonyl (C=O) groups excluding carboxylic acids is 1. The fourth-order valence-corrected chi connectivity index (χ4v) is 4.29. The van der Waals surface area contributed by atoms with Crippen LogP contribution in [-0.2, 0) is 4.74 Å². The van der Waals surface area contributed by atoms with Crippen molar-refractivity contribution < 1.29 is 14.1 Å². The van der Waals surface area contributed by atoms with Gasteiger partial charge in [-0.2, -0.15) is 4.98 Å². The average Bonchev–Trinajstić information content (AvgIpc) is 3.33. The summed E-state index contributed by atoms with van der Waals surface area (Å²) in [6, 6.07) is 17.3. The minimum atomic E-state index is -0.388. The molecule has 0 spiro atoms. The number of nitrogens with one attached hydrogen (secondary N) is 1. The van der Waals surface area contributed by atoms with Gasteiger partial charge >= 0.3 is 6.03 Å². The lowest BCUT2D eigenvalue weighted by Crippen LogP contribution is -2.46. The van der Waals surface area contributed by atoms with Gasteiger partial charge in [-0.3, -0.25) is 4.90 Å². The van der Waals surface area contributed by atoms with Gasteiger partial charge in [-0.15, -0.1) is 11.8 Å². The summed E-state index contributed by atoms with van der Waals surface area (Å²) < 4.78 is 11.2. The molecule has 4 rings (SSSR count). The Balaban J connectivity index is 1.72. The molecule has 7 nitrogen and oxygen atoms in total. The van der Waals surface area contributed by atoms with Gasteiger partial charge < -0.3 is 14.6 Å². The van der Waals surface area contributed by atoms with E-state index in [1.54, 1.807) is 16.7 Å². The third kappa shape index (κ3) is 5.12. The van der Waals surface area contributed by atoms with Crippen molar-refractivity contribution >= 4 is 23.4 Å². The molecule has 172 valence electrons. The second-order valence-electron chi connectivity index (χ2n) is 7.65. The molecule has 0 bridgehead atoms. The summed E-state index contributed by atoms with van der Waals surface area (Å²) in [5.41, 5.74) is 3.44. The van der Waals surface area contributed by atoms with E-state index in [0.29, 0.717) is 31.5 Å². The van der Waals surface area contributed by atoms with Gasteiger partial charge in [0.05, 0.1) is 11.6 Å². The number of hydrogen-bond donors (Lipinski definition) is 1. The molecule has 1 unspecified atom stereocenters. The minimum absolute atomic E-state index is 0.144. The standard InChI is InChI=1S/C25H28N4O3S/c1-4-31-16-8-15-29-17(2)21(24-27-23(28-32-24)19-9-6-5-7-10-19)22(26-25(29)30)18-11-13-20(33-3)14-12-18/h5-7,9-14,22H,4,8,15-16H2,1-3H3,(H,26,30). The molecule has 33 heavy (non-hydrogen) atoms. The first-order valence-electron chi connectivity index (χ1n) is 11.0. The maximum Gasteiger partial charge on any atom is 0.322 e. The molecular formula is C25H28N4O3S. The molecule has 0 radical (unpaired) electrons. The van der Waals surface area contributed by atoms with E-state index in [9.17, 15) is 4.79 Å². The number of ether oxygens (including phenoxy) is 1. The van der Waals surface area contributed by atoms with E-state index in [-0.39, 0.29) is 12.1 Å². The maximum atomic E-state index is 13.0. The first-order chi connectivity index (χ1) is 16.1. The summed E-state index contributed by atoms with van der Waals surface area (Å²) in [5.74, 6) is 0.919. The van der Waals surface area contributed by atoms with Crippen LogP contribution in [0.25, 0.3) is 17.0 Å². The highest BCUT2D eigenvalue weighted by atomic mass is 32.2. The van der Waals surface area contributed by atoms with Gasteiger partial charge in [-0.1, -0.05) is 47.6 Å².